The maximum Gasteiger partial charge on any atom is 0.119 e. The van der Waals surface area contributed by atoms with Gasteiger partial charge in [0.1, 0.15) is 17.4 Å². The number of benzene rings is 1. The summed E-state index contributed by atoms with van der Waals surface area (Å²) >= 11 is 0. The number of rotatable bonds is 6. The molecule has 1 aliphatic carbocycles. The molecule has 0 amide bonds. The summed E-state index contributed by atoms with van der Waals surface area (Å²) in [7, 11) is 0. The standard InChI is InChI=1S/C18H26N2O/c1-4-14(3)15-6-8-16(9-7-15)21-17-10-11-18(12-17,13-19)20-5-2/h6-9,14,17,20H,4-5,10-12H2,1-3H3. The lowest BCUT2D eigenvalue weighted by Crippen LogP contribution is -2.42. The average molecular weight is 286 g/mol. The molecule has 1 aromatic rings. The zero-order valence-corrected chi connectivity index (χ0v) is 13.4. The molecule has 0 bridgehead atoms. The van der Waals surface area contributed by atoms with Crippen LogP contribution in [0.2, 0.25) is 0 Å². The molecule has 1 aromatic carbocycles. The first-order chi connectivity index (χ1) is 10.1. The molecule has 3 heteroatoms. The summed E-state index contributed by atoms with van der Waals surface area (Å²) in [4.78, 5) is 0. The largest absolute Gasteiger partial charge is 0.490 e. The van der Waals surface area contributed by atoms with E-state index < -0.39 is 5.54 Å². The van der Waals surface area contributed by atoms with Gasteiger partial charge < -0.3 is 4.74 Å². The zero-order valence-electron chi connectivity index (χ0n) is 13.4. The summed E-state index contributed by atoms with van der Waals surface area (Å²) in [6.45, 7) is 7.31. The van der Waals surface area contributed by atoms with E-state index in [2.05, 4.69) is 49.5 Å². The molecular formula is C18H26N2O. The molecule has 1 aliphatic rings. The maximum atomic E-state index is 9.39. The molecule has 0 aromatic heterocycles. The van der Waals surface area contributed by atoms with Gasteiger partial charge in [-0.1, -0.05) is 32.9 Å². The molecule has 3 atom stereocenters. The van der Waals surface area contributed by atoms with E-state index in [-0.39, 0.29) is 6.10 Å². The number of hydrogen-bond donors (Lipinski definition) is 1. The average Bonchev–Trinajstić information content (AvgIpc) is 2.91. The van der Waals surface area contributed by atoms with Gasteiger partial charge in [0, 0.05) is 6.42 Å². The third-order valence-corrected chi connectivity index (χ3v) is 4.56. The Bertz CT molecular complexity index is 491. The Morgan fingerprint density at radius 3 is 2.67 bits per heavy atom. The molecule has 114 valence electrons. The van der Waals surface area contributed by atoms with Crippen molar-refractivity contribution in [2.75, 3.05) is 6.54 Å². The molecule has 0 spiro atoms. The number of nitriles is 1. The van der Waals surface area contributed by atoms with Crippen LogP contribution < -0.4 is 10.1 Å². The minimum Gasteiger partial charge on any atom is -0.490 e. The second-order valence-electron chi connectivity index (χ2n) is 6.09. The van der Waals surface area contributed by atoms with Crippen molar-refractivity contribution in [1.82, 2.24) is 5.32 Å². The van der Waals surface area contributed by atoms with Gasteiger partial charge in [0.05, 0.1) is 6.07 Å². The van der Waals surface area contributed by atoms with Gasteiger partial charge in [-0.25, -0.2) is 0 Å². The van der Waals surface area contributed by atoms with E-state index >= 15 is 0 Å². The van der Waals surface area contributed by atoms with Gasteiger partial charge in [-0.15, -0.1) is 0 Å². The van der Waals surface area contributed by atoms with Gasteiger partial charge in [0.25, 0.3) is 0 Å². The van der Waals surface area contributed by atoms with Crippen LogP contribution in [0, 0.1) is 11.3 Å². The first kappa shape index (κ1) is 15.9. The van der Waals surface area contributed by atoms with Crippen molar-refractivity contribution in [3.63, 3.8) is 0 Å². The zero-order chi connectivity index (χ0) is 15.3. The summed E-state index contributed by atoms with van der Waals surface area (Å²) in [6.07, 6.45) is 3.86. The Morgan fingerprint density at radius 2 is 2.10 bits per heavy atom. The molecule has 3 unspecified atom stereocenters. The van der Waals surface area contributed by atoms with Gasteiger partial charge >= 0.3 is 0 Å². The fourth-order valence-corrected chi connectivity index (χ4v) is 3.04. The fraction of sp³-hybridized carbons (Fsp3) is 0.611. The first-order valence-corrected chi connectivity index (χ1v) is 8.05. The van der Waals surface area contributed by atoms with Crippen LogP contribution in [0.4, 0.5) is 0 Å². The normalized spacial score (nSPS) is 26.3. The maximum absolute atomic E-state index is 9.39. The van der Waals surface area contributed by atoms with E-state index in [1.807, 2.05) is 6.92 Å². The van der Waals surface area contributed by atoms with Crippen LogP contribution in [0.15, 0.2) is 24.3 Å². The Kier molecular flexibility index (Phi) is 5.25. The lowest BCUT2D eigenvalue weighted by atomic mass is 9.99. The van der Waals surface area contributed by atoms with Crippen LogP contribution in [0.25, 0.3) is 0 Å². The van der Waals surface area contributed by atoms with Gasteiger partial charge in [0.2, 0.25) is 0 Å². The smallest absolute Gasteiger partial charge is 0.119 e. The highest BCUT2D eigenvalue weighted by Gasteiger charge is 2.39. The summed E-state index contributed by atoms with van der Waals surface area (Å²) in [6, 6.07) is 10.9. The molecule has 0 radical (unpaired) electrons. The molecule has 1 fully saturated rings. The van der Waals surface area contributed by atoms with Crippen molar-refractivity contribution in [2.45, 2.75) is 64.0 Å². The molecule has 2 rings (SSSR count). The summed E-state index contributed by atoms with van der Waals surface area (Å²) in [5.41, 5.74) is 0.964. The Hall–Kier alpha value is -1.53. The Morgan fingerprint density at radius 1 is 1.38 bits per heavy atom. The van der Waals surface area contributed by atoms with Crippen LogP contribution in [0.5, 0.6) is 5.75 Å². The number of ether oxygens (including phenoxy) is 1. The monoisotopic (exact) mass is 286 g/mol. The predicted molar refractivity (Wildman–Crippen MR) is 85.4 cm³/mol. The Labute approximate surface area is 128 Å². The van der Waals surface area contributed by atoms with Gasteiger partial charge in [0.15, 0.2) is 0 Å². The highest BCUT2D eigenvalue weighted by Crippen LogP contribution is 2.32. The third kappa shape index (κ3) is 3.77. The van der Waals surface area contributed by atoms with E-state index in [1.165, 1.54) is 5.56 Å². The van der Waals surface area contributed by atoms with Gasteiger partial charge in [-0.05, 0) is 49.4 Å². The number of nitrogens with one attached hydrogen (secondary N) is 1. The molecular weight excluding hydrogens is 260 g/mol. The number of hydrogen-bond acceptors (Lipinski definition) is 3. The van der Waals surface area contributed by atoms with Crippen LogP contribution in [0.1, 0.15) is 57.9 Å². The van der Waals surface area contributed by atoms with Gasteiger partial charge in [-0.2, -0.15) is 5.26 Å². The molecule has 1 N–H and O–H groups in total. The SMILES string of the molecule is CCNC1(C#N)CCC(Oc2ccc(C(C)CC)cc2)C1. The second-order valence-corrected chi connectivity index (χ2v) is 6.09. The van der Waals surface area contributed by atoms with Crippen molar-refractivity contribution in [2.24, 2.45) is 0 Å². The summed E-state index contributed by atoms with van der Waals surface area (Å²) in [5.74, 6) is 1.50. The second kappa shape index (κ2) is 6.95. The number of nitrogens with zero attached hydrogens (tertiary/aromatic N) is 1. The van der Waals surface area contributed by atoms with E-state index in [9.17, 15) is 5.26 Å². The molecule has 0 saturated heterocycles. The minimum atomic E-state index is -0.393. The van der Waals surface area contributed by atoms with Crippen LogP contribution >= 0.6 is 0 Å². The van der Waals surface area contributed by atoms with Crippen molar-refractivity contribution >= 4 is 0 Å². The first-order valence-electron chi connectivity index (χ1n) is 8.05. The predicted octanol–water partition coefficient (Wildman–Crippen LogP) is 4.00. The molecule has 1 saturated carbocycles. The summed E-state index contributed by atoms with van der Waals surface area (Å²) in [5, 5.41) is 12.7. The molecule has 21 heavy (non-hydrogen) atoms. The summed E-state index contributed by atoms with van der Waals surface area (Å²) < 4.78 is 6.06. The van der Waals surface area contributed by atoms with Crippen LogP contribution in [-0.2, 0) is 0 Å². The molecule has 0 heterocycles. The van der Waals surface area contributed by atoms with E-state index in [0.717, 1.165) is 38.0 Å². The van der Waals surface area contributed by atoms with Crippen molar-refractivity contribution in [1.29, 1.82) is 5.26 Å². The highest BCUT2D eigenvalue weighted by molar-refractivity contribution is 5.29. The van der Waals surface area contributed by atoms with Crippen LogP contribution in [0.3, 0.4) is 0 Å². The highest BCUT2D eigenvalue weighted by atomic mass is 16.5. The van der Waals surface area contributed by atoms with Crippen molar-refractivity contribution in [3.05, 3.63) is 29.8 Å². The molecule has 3 nitrogen and oxygen atoms in total. The van der Waals surface area contributed by atoms with Gasteiger partial charge in [-0.3, -0.25) is 5.32 Å². The van der Waals surface area contributed by atoms with E-state index in [4.69, 9.17) is 4.74 Å². The lowest BCUT2D eigenvalue weighted by Gasteiger charge is -2.22. The fourth-order valence-electron chi connectivity index (χ4n) is 3.04. The topological polar surface area (TPSA) is 45.0 Å². The third-order valence-electron chi connectivity index (χ3n) is 4.56. The Balaban J connectivity index is 1.96. The van der Waals surface area contributed by atoms with E-state index in [0.29, 0.717) is 5.92 Å². The molecule has 0 aliphatic heterocycles. The lowest BCUT2D eigenvalue weighted by molar-refractivity contribution is 0.201. The van der Waals surface area contributed by atoms with E-state index in [1.54, 1.807) is 0 Å². The minimum absolute atomic E-state index is 0.137. The van der Waals surface area contributed by atoms with Crippen molar-refractivity contribution < 1.29 is 4.74 Å². The quantitative estimate of drug-likeness (QED) is 0.859. The van der Waals surface area contributed by atoms with Crippen molar-refractivity contribution in [3.8, 4) is 11.8 Å². The van der Waals surface area contributed by atoms with Crippen LogP contribution in [-0.4, -0.2) is 18.2 Å².